The zero-order valence-corrected chi connectivity index (χ0v) is 13.4. The first-order chi connectivity index (χ1) is 9.69. The molecule has 0 aromatic heterocycles. The Labute approximate surface area is 124 Å². The molecule has 1 rings (SSSR count). The van der Waals surface area contributed by atoms with E-state index in [1.54, 1.807) is 7.11 Å². The summed E-state index contributed by atoms with van der Waals surface area (Å²) in [5, 5.41) is 0. The molecule has 2 N–H and O–H groups in total. The second kappa shape index (κ2) is 8.98. The Kier molecular flexibility index (Phi) is 7.63. The molecule has 0 radical (unpaired) electrons. The molecule has 0 amide bonds. The Hall–Kier alpha value is -1.06. The van der Waals surface area contributed by atoms with E-state index in [4.69, 9.17) is 10.5 Å². The number of hydrogen-bond donors (Lipinski definition) is 1. The molecule has 0 fully saturated rings. The van der Waals surface area contributed by atoms with E-state index in [1.807, 2.05) is 12.1 Å². The van der Waals surface area contributed by atoms with E-state index < -0.39 is 0 Å². The lowest BCUT2D eigenvalue weighted by molar-refractivity contribution is 0.174. The fourth-order valence-corrected chi connectivity index (χ4v) is 2.70. The van der Waals surface area contributed by atoms with Gasteiger partial charge in [-0.25, -0.2) is 0 Å². The van der Waals surface area contributed by atoms with Crippen molar-refractivity contribution < 1.29 is 4.74 Å². The molecule has 0 aliphatic rings. The molecule has 0 heterocycles. The van der Waals surface area contributed by atoms with E-state index in [0.29, 0.717) is 6.54 Å². The molecule has 1 atom stereocenters. The summed E-state index contributed by atoms with van der Waals surface area (Å²) in [5.74, 6) is 1.65. The second-order valence-corrected chi connectivity index (χ2v) is 5.30. The lowest BCUT2D eigenvalue weighted by atomic mass is 9.99. The average molecular weight is 278 g/mol. The Morgan fingerprint density at radius 2 is 1.90 bits per heavy atom. The Bertz CT molecular complexity index is 377. The normalized spacial score (nSPS) is 12.9. The lowest BCUT2D eigenvalue weighted by Crippen LogP contribution is -2.37. The summed E-state index contributed by atoms with van der Waals surface area (Å²) >= 11 is 0. The van der Waals surface area contributed by atoms with Crippen LogP contribution in [-0.2, 0) is 0 Å². The molecule has 1 unspecified atom stereocenters. The van der Waals surface area contributed by atoms with Gasteiger partial charge in [-0.3, -0.25) is 4.90 Å². The molecule has 114 valence electrons. The number of nitrogens with zero attached hydrogens (tertiary/aromatic N) is 1. The molecule has 0 bridgehead atoms. The van der Waals surface area contributed by atoms with Gasteiger partial charge in [-0.1, -0.05) is 45.7 Å². The second-order valence-electron chi connectivity index (χ2n) is 5.30. The summed E-state index contributed by atoms with van der Waals surface area (Å²) in [5.41, 5.74) is 7.30. The highest BCUT2D eigenvalue weighted by Crippen LogP contribution is 2.25. The van der Waals surface area contributed by atoms with E-state index in [9.17, 15) is 0 Å². The Morgan fingerprint density at radius 3 is 2.40 bits per heavy atom. The molecule has 20 heavy (non-hydrogen) atoms. The highest BCUT2D eigenvalue weighted by atomic mass is 16.5. The molecule has 0 aliphatic carbocycles. The smallest absolute Gasteiger partial charge is 0.119 e. The Balaban J connectivity index is 2.89. The van der Waals surface area contributed by atoms with Crippen LogP contribution in [0.3, 0.4) is 0 Å². The summed E-state index contributed by atoms with van der Waals surface area (Å²) in [7, 11) is 1.71. The zero-order chi connectivity index (χ0) is 15.0. The topological polar surface area (TPSA) is 38.5 Å². The molecule has 0 aliphatic heterocycles. The van der Waals surface area contributed by atoms with Gasteiger partial charge in [0.15, 0.2) is 0 Å². The van der Waals surface area contributed by atoms with Crippen LogP contribution >= 0.6 is 0 Å². The molecule has 0 saturated heterocycles. The summed E-state index contributed by atoms with van der Waals surface area (Å²) in [6, 6.07) is 8.55. The standard InChI is InChI=1S/C17H30N2O/c1-5-14(6-2)13-19(7-3)17(12-18)15-9-8-10-16(11-15)20-4/h8-11,14,17H,5-7,12-13,18H2,1-4H3. The van der Waals surface area contributed by atoms with Crippen LogP contribution in [0.15, 0.2) is 24.3 Å². The van der Waals surface area contributed by atoms with Gasteiger partial charge in [-0.15, -0.1) is 0 Å². The van der Waals surface area contributed by atoms with Crippen molar-refractivity contribution in [3.8, 4) is 5.75 Å². The maximum Gasteiger partial charge on any atom is 0.119 e. The summed E-state index contributed by atoms with van der Waals surface area (Å²) < 4.78 is 5.33. The van der Waals surface area contributed by atoms with E-state index >= 15 is 0 Å². The van der Waals surface area contributed by atoms with Crippen LogP contribution in [0.25, 0.3) is 0 Å². The third-order valence-corrected chi connectivity index (χ3v) is 4.20. The van der Waals surface area contributed by atoms with Crippen LogP contribution in [0.2, 0.25) is 0 Å². The Morgan fingerprint density at radius 1 is 1.20 bits per heavy atom. The molecule has 0 spiro atoms. The first-order valence-electron chi connectivity index (χ1n) is 7.78. The van der Waals surface area contributed by atoms with Crippen molar-refractivity contribution in [2.24, 2.45) is 11.7 Å². The van der Waals surface area contributed by atoms with Crippen LogP contribution in [0, 0.1) is 5.92 Å². The molecule has 1 aromatic carbocycles. The molecule has 0 saturated carbocycles. The van der Waals surface area contributed by atoms with Gasteiger partial charge in [0.25, 0.3) is 0 Å². The predicted molar refractivity (Wildman–Crippen MR) is 86.1 cm³/mol. The van der Waals surface area contributed by atoms with Crippen LogP contribution in [0.1, 0.15) is 45.2 Å². The van der Waals surface area contributed by atoms with Crippen molar-refractivity contribution >= 4 is 0 Å². The number of hydrogen-bond acceptors (Lipinski definition) is 3. The number of benzene rings is 1. The van der Waals surface area contributed by atoms with E-state index in [0.717, 1.165) is 24.8 Å². The highest BCUT2D eigenvalue weighted by Gasteiger charge is 2.20. The fraction of sp³-hybridized carbons (Fsp3) is 0.647. The van der Waals surface area contributed by atoms with E-state index in [1.165, 1.54) is 18.4 Å². The van der Waals surface area contributed by atoms with Gasteiger partial charge in [0, 0.05) is 19.1 Å². The fourth-order valence-electron chi connectivity index (χ4n) is 2.70. The number of nitrogens with two attached hydrogens (primary N) is 1. The third kappa shape index (κ3) is 4.50. The SMILES string of the molecule is CCC(CC)CN(CC)C(CN)c1cccc(OC)c1. The van der Waals surface area contributed by atoms with Crippen LogP contribution in [0.4, 0.5) is 0 Å². The minimum absolute atomic E-state index is 0.274. The van der Waals surface area contributed by atoms with Gasteiger partial charge in [-0.05, 0) is 30.2 Å². The molecule has 3 nitrogen and oxygen atoms in total. The minimum atomic E-state index is 0.274. The van der Waals surface area contributed by atoms with Crippen molar-refractivity contribution in [2.45, 2.75) is 39.7 Å². The largest absolute Gasteiger partial charge is 0.497 e. The van der Waals surface area contributed by atoms with Crippen molar-refractivity contribution in [3.05, 3.63) is 29.8 Å². The van der Waals surface area contributed by atoms with Crippen LogP contribution in [0.5, 0.6) is 5.75 Å². The highest BCUT2D eigenvalue weighted by molar-refractivity contribution is 5.30. The molecular weight excluding hydrogens is 248 g/mol. The minimum Gasteiger partial charge on any atom is -0.497 e. The van der Waals surface area contributed by atoms with Crippen molar-refractivity contribution in [2.75, 3.05) is 26.7 Å². The number of rotatable bonds is 9. The van der Waals surface area contributed by atoms with E-state index in [2.05, 4.69) is 37.8 Å². The maximum absolute atomic E-state index is 6.05. The number of likely N-dealkylation sites (N-methyl/N-ethyl adjacent to an activating group) is 1. The van der Waals surface area contributed by atoms with Gasteiger partial charge in [0.1, 0.15) is 5.75 Å². The van der Waals surface area contributed by atoms with Crippen molar-refractivity contribution in [1.82, 2.24) is 4.90 Å². The maximum atomic E-state index is 6.05. The average Bonchev–Trinajstić information content (AvgIpc) is 2.51. The van der Waals surface area contributed by atoms with Gasteiger partial charge in [0.05, 0.1) is 7.11 Å². The zero-order valence-electron chi connectivity index (χ0n) is 13.4. The first kappa shape index (κ1) is 17.0. The van der Waals surface area contributed by atoms with Crippen molar-refractivity contribution in [1.29, 1.82) is 0 Å². The summed E-state index contributed by atoms with van der Waals surface area (Å²) in [4.78, 5) is 2.49. The van der Waals surface area contributed by atoms with E-state index in [-0.39, 0.29) is 6.04 Å². The van der Waals surface area contributed by atoms with Gasteiger partial charge >= 0.3 is 0 Å². The number of methoxy groups -OCH3 is 1. The summed E-state index contributed by atoms with van der Waals surface area (Å²) in [6.07, 6.45) is 2.45. The quantitative estimate of drug-likeness (QED) is 0.752. The van der Waals surface area contributed by atoms with Gasteiger partial charge in [-0.2, -0.15) is 0 Å². The predicted octanol–water partition coefficient (Wildman–Crippen LogP) is 3.45. The van der Waals surface area contributed by atoms with Gasteiger partial charge < -0.3 is 10.5 Å². The van der Waals surface area contributed by atoms with Crippen LogP contribution in [-0.4, -0.2) is 31.6 Å². The van der Waals surface area contributed by atoms with Gasteiger partial charge in [0.2, 0.25) is 0 Å². The molecule has 3 heteroatoms. The summed E-state index contributed by atoms with van der Waals surface area (Å²) in [6.45, 7) is 9.53. The van der Waals surface area contributed by atoms with Crippen molar-refractivity contribution in [3.63, 3.8) is 0 Å². The van der Waals surface area contributed by atoms with Crippen LogP contribution < -0.4 is 10.5 Å². The molecular formula is C17H30N2O. The number of ether oxygens (including phenoxy) is 1. The monoisotopic (exact) mass is 278 g/mol. The first-order valence-corrected chi connectivity index (χ1v) is 7.78. The molecule has 1 aromatic rings. The lowest BCUT2D eigenvalue weighted by Gasteiger charge is -2.33. The third-order valence-electron chi connectivity index (χ3n) is 4.20.